The fourth-order valence-electron chi connectivity index (χ4n) is 10.0. The van der Waals surface area contributed by atoms with Crippen molar-refractivity contribution in [3.8, 4) is 0 Å². The molecule has 0 N–H and O–H groups in total. The summed E-state index contributed by atoms with van der Waals surface area (Å²) in [6.07, 6.45) is 19.5. The van der Waals surface area contributed by atoms with Gasteiger partial charge in [0.2, 0.25) is 17.7 Å². The summed E-state index contributed by atoms with van der Waals surface area (Å²) >= 11 is 0. The third kappa shape index (κ3) is 27.6. The maximum Gasteiger partial charge on any atom is 0.265 e. The number of rotatable bonds is 14. The molecule has 0 bridgehead atoms. The molecule has 69 heavy (non-hydrogen) atoms. The summed E-state index contributed by atoms with van der Waals surface area (Å²) in [6.45, 7) is 45.6. The van der Waals surface area contributed by atoms with Gasteiger partial charge in [-0.25, -0.2) is 8.78 Å². The molecule has 404 valence electrons. The van der Waals surface area contributed by atoms with Crippen molar-refractivity contribution < 1.29 is 27.9 Å². The van der Waals surface area contributed by atoms with Crippen LogP contribution in [0.3, 0.4) is 0 Å². The molecule has 9 nitrogen and oxygen atoms in total. The average molecular weight is 979 g/mol. The lowest BCUT2D eigenvalue weighted by atomic mass is 9.92. The van der Waals surface area contributed by atoms with Crippen molar-refractivity contribution in [3.63, 3.8) is 0 Å². The smallest absolute Gasteiger partial charge is 0.265 e. The van der Waals surface area contributed by atoms with E-state index in [-0.39, 0.29) is 23.8 Å². The summed E-state index contributed by atoms with van der Waals surface area (Å²) in [4.78, 5) is 46.0. The summed E-state index contributed by atoms with van der Waals surface area (Å²) in [5, 5.41) is 0. The van der Waals surface area contributed by atoms with E-state index in [1.807, 2.05) is 25.7 Å². The molecular formula is C58H109F2N5O4. The predicted molar refractivity (Wildman–Crippen MR) is 287 cm³/mol. The standard InChI is InChI=1S/C13H25NO.C12H21F2NO.C12H23N.C11H21N.C10H19NO2/c1-10(2)9-13(15)14-8-6-5-7-12(14)11(3)4;1-9(2)8-11(16)15-7-5-4-6-10(15)12(3,13)14;1-11(2)10-12(3)13-8-6-4-5-7-9-13;1-10(2)9-11(3)12-7-5-4-6-8-12;1-8(2)6-10(12)11-4-5-13-7-9(11)3/h10-12H,5-9H2,1-4H3;9-10H,4-8H2,1-3H3;11H,3-10H2,1-2H3;10H,3-9H2,1-2H3;8-9H,4-7H2,1-3H3. The van der Waals surface area contributed by atoms with Crippen molar-refractivity contribution >= 4 is 17.7 Å². The highest BCUT2D eigenvalue weighted by Gasteiger charge is 2.41. The van der Waals surface area contributed by atoms with Crippen molar-refractivity contribution in [2.24, 2.45) is 35.5 Å². The number of carbonyl (C=O) groups excluding carboxylic acids is 3. The van der Waals surface area contributed by atoms with E-state index in [1.54, 1.807) is 0 Å². The number of halogens is 2. The summed E-state index contributed by atoms with van der Waals surface area (Å²) in [7, 11) is 0. The second-order valence-corrected chi connectivity index (χ2v) is 23.5. The highest BCUT2D eigenvalue weighted by molar-refractivity contribution is 5.77. The number of likely N-dealkylation sites (tertiary alicyclic amines) is 4. The minimum absolute atomic E-state index is 0.124. The minimum atomic E-state index is -2.78. The SMILES string of the molecule is C=C(CC(C)C)N1CCCCC1.C=C(CC(C)C)N1CCCCCC1.CC(C)CC(=O)N1CCCCC1C(C)(F)F.CC(C)CC(=O)N1CCCCC1C(C)C.CC(C)CC(=O)N1CCOCC1C. The Morgan fingerprint density at radius 2 is 0.870 bits per heavy atom. The Balaban J connectivity index is 0.000000433. The van der Waals surface area contributed by atoms with E-state index in [1.165, 1.54) is 120 Å². The van der Waals surface area contributed by atoms with Crippen LogP contribution in [0, 0.1) is 35.5 Å². The number of allylic oxidation sites excluding steroid dienone is 2. The molecule has 5 aliphatic rings. The second-order valence-electron chi connectivity index (χ2n) is 23.5. The molecule has 0 radical (unpaired) electrons. The van der Waals surface area contributed by atoms with Gasteiger partial charge in [-0.3, -0.25) is 14.4 Å². The van der Waals surface area contributed by atoms with Crippen molar-refractivity contribution in [1.29, 1.82) is 0 Å². The van der Waals surface area contributed by atoms with Crippen LogP contribution in [0.1, 0.15) is 213 Å². The summed E-state index contributed by atoms with van der Waals surface area (Å²) < 4.78 is 32.0. The number of morpholine rings is 1. The molecule has 0 saturated carbocycles. The van der Waals surface area contributed by atoms with Crippen LogP contribution >= 0.6 is 0 Å². The van der Waals surface area contributed by atoms with Gasteiger partial charge in [0.1, 0.15) is 0 Å². The largest absolute Gasteiger partial charge is 0.377 e. The number of carbonyl (C=O) groups is 3. The number of hydrogen-bond donors (Lipinski definition) is 0. The molecule has 0 spiro atoms. The van der Waals surface area contributed by atoms with E-state index in [2.05, 4.69) is 97.1 Å². The molecule has 5 fully saturated rings. The maximum atomic E-state index is 13.4. The Morgan fingerprint density at radius 3 is 1.26 bits per heavy atom. The topological polar surface area (TPSA) is 76.6 Å². The van der Waals surface area contributed by atoms with E-state index < -0.39 is 12.0 Å². The van der Waals surface area contributed by atoms with Crippen LogP contribution in [0.4, 0.5) is 8.78 Å². The third-order valence-electron chi connectivity index (χ3n) is 13.6. The fraction of sp³-hybridized carbons (Fsp3) is 0.879. The molecule has 5 saturated heterocycles. The summed E-state index contributed by atoms with van der Waals surface area (Å²) in [6, 6.07) is -0.155. The molecule has 3 amide bonds. The molecule has 5 rings (SSSR count). The van der Waals surface area contributed by atoms with E-state index in [0.717, 1.165) is 44.7 Å². The number of ether oxygens (including phenoxy) is 1. The number of alkyl halides is 2. The quantitative estimate of drug-likeness (QED) is 0.173. The van der Waals surface area contributed by atoms with Gasteiger partial charge < -0.3 is 29.2 Å². The summed E-state index contributed by atoms with van der Waals surface area (Å²) in [5.41, 5.74) is 2.71. The monoisotopic (exact) mass is 978 g/mol. The molecule has 0 aromatic heterocycles. The molecule has 0 aromatic carbocycles. The molecule has 5 aliphatic heterocycles. The van der Waals surface area contributed by atoms with Crippen molar-refractivity contribution in [3.05, 3.63) is 24.6 Å². The molecule has 0 aliphatic carbocycles. The first kappa shape index (κ1) is 64.3. The van der Waals surface area contributed by atoms with E-state index in [9.17, 15) is 23.2 Å². The summed E-state index contributed by atoms with van der Waals surface area (Å²) in [5.74, 6) is 0.968. The van der Waals surface area contributed by atoms with Gasteiger partial charge in [-0.1, -0.05) is 109 Å². The Kier molecular flexibility index (Phi) is 32.3. The first-order chi connectivity index (χ1) is 32.3. The van der Waals surface area contributed by atoms with Gasteiger partial charge in [0.05, 0.1) is 25.3 Å². The molecule has 3 atom stereocenters. The first-order valence-corrected chi connectivity index (χ1v) is 28.0. The Morgan fingerprint density at radius 1 is 0.507 bits per heavy atom. The van der Waals surface area contributed by atoms with Gasteiger partial charge in [0, 0.05) is 89.4 Å². The maximum absolute atomic E-state index is 13.4. The lowest BCUT2D eigenvalue weighted by molar-refractivity contribution is -0.147. The second kappa shape index (κ2) is 34.6. The van der Waals surface area contributed by atoms with E-state index in [0.29, 0.717) is 75.1 Å². The van der Waals surface area contributed by atoms with Gasteiger partial charge in [-0.15, -0.1) is 0 Å². The van der Waals surface area contributed by atoms with Crippen LogP contribution in [0.5, 0.6) is 0 Å². The zero-order chi connectivity index (χ0) is 52.3. The van der Waals surface area contributed by atoms with Crippen LogP contribution in [-0.4, -0.2) is 125 Å². The van der Waals surface area contributed by atoms with E-state index in [4.69, 9.17) is 4.74 Å². The highest BCUT2D eigenvalue weighted by Crippen LogP contribution is 2.31. The minimum Gasteiger partial charge on any atom is -0.377 e. The van der Waals surface area contributed by atoms with Crippen molar-refractivity contribution in [2.45, 2.75) is 237 Å². The Hall–Kier alpha value is -2.69. The lowest BCUT2D eigenvalue weighted by Crippen LogP contribution is -2.52. The molecule has 0 aromatic rings. The van der Waals surface area contributed by atoms with Gasteiger partial charge in [0.25, 0.3) is 5.92 Å². The molecule has 11 heteroatoms. The Labute approximate surface area is 424 Å². The molecule has 3 unspecified atom stereocenters. The van der Waals surface area contributed by atoms with Gasteiger partial charge >= 0.3 is 0 Å². The molecular weight excluding hydrogens is 869 g/mol. The number of piperidine rings is 3. The average Bonchev–Trinajstić information content (AvgIpc) is 3.57. The zero-order valence-electron chi connectivity index (χ0n) is 47.3. The van der Waals surface area contributed by atoms with Crippen molar-refractivity contribution in [1.82, 2.24) is 24.5 Å². The molecule has 5 heterocycles. The zero-order valence-corrected chi connectivity index (χ0v) is 47.3. The van der Waals surface area contributed by atoms with E-state index >= 15 is 0 Å². The van der Waals surface area contributed by atoms with Crippen LogP contribution in [0.25, 0.3) is 0 Å². The lowest BCUT2D eigenvalue weighted by Gasteiger charge is -2.39. The van der Waals surface area contributed by atoms with Crippen LogP contribution in [0.15, 0.2) is 24.6 Å². The fourth-order valence-corrected chi connectivity index (χ4v) is 10.0. The van der Waals surface area contributed by atoms with Crippen LogP contribution in [-0.2, 0) is 19.1 Å². The highest BCUT2D eigenvalue weighted by atomic mass is 19.3. The Bertz CT molecular complexity index is 1430. The normalized spacial score (nSPS) is 21.4. The van der Waals surface area contributed by atoms with Gasteiger partial charge in [0.15, 0.2) is 0 Å². The third-order valence-corrected chi connectivity index (χ3v) is 13.6. The van der Waals surface area contributed by atoms with Gasteiger partial charge in [-0.2, -0.15) is 0 Å². The number of amides is 3. The van der Waals surface area contributed by atoms with Crippen LogP contribution in [0.2, 0.25) is 0 Å². The number of hydrogen-bond acceptors (Lipinski definition) is 6. The number of nitrogens with zero attached hydrogens (tertiary/aromatic N) is 5. The predicted octanol–water partition coefficient (Wildman–Crippen LogP) is 13.9. The first-order valence-electron chi connectivity index (χ1n) is 28.0. The van der Waals surface area contributed by atoms with Gasteiger partial charge in [-0.05, 0) is 126 Å². The van der Waals surface area contributed by atoms with Crippen LogP contribution < -0.4 is 0 Å². The van der Waals surface area contributed by atoms with Crippen molar-refractivity contribution in [2.75, 3.05) is 59.0 Å².